The van der Waals surface area contributed by atoms with E-state index in [4.69, 9.17) is 16.3 Å². The van der Waals surface area contributed by atoms with E-state index in [-0.39, 0.29) is 30.7 Å². The number of halogens is 1. The van der Waals surface area contributed by atoms with E-state index in [1.54, 1.807) is 6.07 Å². The fourth-order valence-electron chi connectivity index (χ4n) is 2.74. The second kappa shape index (κ2) is 10.3. The summed E-state index contributed by atoms with van der Waals surface area (Å²) in [7, 11) is 0. The molecule has 1 aromatic carbocycles. The molecule has 8 heteroatoms. The number of esters is 1. The van der Waals surface area contributed by atoms with E-state index in [1.165, 1.54) is 4.90 Å². The van der Waals surface area contributed by atoms with Crippen LogP contribution in [0.25, 0.3) is 0 Å². The van der Waals surface area contributed by atoms with E-state index in [0.717, 1.165) is 5.56 Å². The van der Waals surface area contributed by atoms with Crippen molar-refractivity contribution in [3.8, 4) is 0 Å². The van der Waals surface area contributed by atoms with E-state index in [0.29, 0.717) is 31.3 Å². The summed E-state index contributed by atoms with van der Waals surface area (Å²) in [5, 5.41) is 6.37. The van der Waals surface area contributed by atoms with Crippen molar-refractivity contribution in [3.05, 3.63) is 34.9 Å². The molecule has 2 rings (SSSR count). The molecule has 1 fully saturated rings. The average Bonchev–Trinajstić information content (AvgIpc) is 2.63. The first-order chi connectivity index (χ1) is 12.9. The largest absolute Gasteiger partial charge is 0.465 e. The Morgan fingerprint density at radius 2 is 2.11 bits per heavy atom. The van der Waals surface area contributed by atoms with Crippen LogP contribution in [0.2, 0.25) is 5.02 Å². The number of benzene rings is 1. The molecule has 27 heavy (non-hydrogen) atoms. The lowest BCUT2D eigenvalue weighted by molar-refractivity contribution is -0.152. The summed E-state index contributed by atoms with van der Waals surface area (Å²) in [4.78, 5) is 38.2. The molecule has 7 nitrogen and oxygen atoms in total. The molecule has 0 saturated carbocycles. The molecule has 2 N–H and O–H groups in total. The minimum Gasteiger partial charge on any atom is -0.465 e. The van der Waals surface area contributed by atoms with Crippen LogP contribution in [0.1, 0.15) is 25.8 Å². The van der Waals surface area contributed by atoms with Crippen LogP contribution in [0, 0.1) is 5.92 Å². The van der Waals surface area contributed by atoms with Gasteiger partial charge >= 0.3 is 5.97 Å². The number of carbonyl (C=O) groups excluding carboxylic acids is 3. The molecule has 0 bridgehead atoms. The predicted octanol–water partition coefficient (Wildman–Crippen LogP) is 1.35. The van der Waals surface area contributed by atoms with Gasteiger partial charge in [0.2, 0.25) is 11.8 Å². The lowest BCUT2D eigenvalue weighted by Gasteiger charge is -2.34. The van der Waals surface area contributed by atoms with Crippen LogP contribution in [0.3, 0.4) is 0 Å². The number of hydrogen-bond donors (Lipinski definition) is 2. The van der Waals surface area contributed by atoms with Crippen LogP contribution in [0.4, 0.5) is 0 Å². The van der Waals surface area contributed by atoms with Crippen molar-refractivity contribution >= 4 is 29.4 Å². The lowest BCUT2D eigenvalue weighted by atomic mass is 10.1. The monoisotopic (exact) mass is 395 g/mol. The Bertz CT molecular complexity index is 681. The van der Waals surface area contributed by atoms with Crippen LogP contribution in [0.15, 0.2) is 24.3 Å². The van der Waals surface area contributed by atoms with Crippen molar-refractivity contribution in [2.24, 2.45) is 5.92 Å². The minimum absolute atomic E-state index is 0.0516. The Hall–Kier alpha value is -2.12. The first kappa shape index (κ1) is 21.2. The van der Waals surface area contributed by atoms with Crippen LogP contribution in [0.5, 0.6) is 0 Å². The molecule has 0 aliphatic carbocycles. The van der Waals surface area contributed by atoms with Crippen LogP contribution < -0.4 is 10.6 Å². The second-order valence-electron chi connectivity index (χ2n) is 6.87. The van der Waals surface area contributed by atoms with Gasteiger partial charge in [0, 0.05) is 24.7 Å². The van der Waals surface area contributed by atoms with Gasteiger partial charge in [-0.1, -0.05) is 43.6 Å². The van der Waals surface area contributed by atoms with Gasteiger partial charge in [-0.2, -0.15) is 0 Å². The summed E-state index contributed by atoms with van der Waals surface area (Å²) in [5.74, 6) is -0.839. The van der Waals surface area contributed by atoms with Gasteiger partial charge in [-0.3, -0.25) is 14.4 Å². The first-order valence-electron chi connectivity index (χ1n) is 9.05. The van der Waals surface area contributed by atoms with E-state index in [9.17, 15) is 14.4 Å². The molecule has 0 aromatic heterocycles. The Balaban J connectivity index is 1.90. The summed E-state index contributed by atoms with van der Waals surface area (Å²) in [6.07, 6.45) is -0.144. The van der Waals surface area contributed by atoms with Crippen molar-refractivity contribution in [2.75, 3.05) is 26.2 Å². The zero-order chi connectivity index (χ0) is 19.8. The van der Waals surface area contributed by atoms with Gasteiger partial charge in [-0.25, -0.2) is 0 Å². The molecule has 2 amide bonds. The highest BCUT2D eigenvalue weighted by molar-refractivity contribution is 6.31. The van der Waals surface area contributed by atoms with Gasteiger partial charge in [0.05, 0.1) is 19.6 Å². The highest BCUT2D eigenvalue weighted by Gasteiger charge is 2.34. The SMILES string of the molecule is CC(C)COC(=O)CC1C(=O)NCCN1C(=O)CNCc1ccccc1Cl. The van der Waals surface area contributed by atoms with Crippen molar-refractivity contribution < 1.29 is 19.1 Å². The van der Waals surface area contributed by atoms with Gasteiger partial charge in [-0.05, 0) is 17.5 Å². The maximum Gasteiger partial charge on any atom is 0.308 e. The van der Waals surface area contributed by atoms with Crippen LogP contribution in [-0.4, -0.2) is 55.0 Å². The third-order valence-corrected chi connectivity index (χ3v) is 4.51. The third kappa shape index (κ3) is 6.52. The van der Waals surface area contributed by atoms with Gasteiger partial charge in [0.1, 0.15) is 6.04 Å². The number of amides is 2. The Morgan fingerprint density at radius 3 is 2.81 bits per heavy atom. The molecule has 1 saturated heterocycles. The molecule has 1 aliphatic heterocycles. The fraction of sp³-hybridized carbons (Fsp3) is 0.526. The quantitative estimate of drug-likeness (QED) is 0.649. The second-order valence-corrected chi connectivity index (χ2v) is 7.28. The van der Waals surface area contributed by atoms with E-state index in [2.05, 4.69) is 10.6 Å². The summed E-state index contributed by atoms with van der Waals surface area (Å²) < 4.78 is 5.15. The predicted molar refractivity (Wildman–Crippen MR) is 102 cm³/mol. The molecular weight excluding hydrogens is 370 g/mol. The van der Waals surface area contributed by atoms with Gasteiger partial charge < -0.3 is 20.3 Å². The smallest absolute Gasteiger partial charge is 0.308 e. The van der Waals surface area contributed by atoms with Gasteiger partial charge in [0.15, 0.2) is 0 Å². The lowest BCUT2D eigenvalue weighted by Crippen LogP contribution is -2.59. The third-order valence-electron chi connectivity index (χ3n) is 4.14. The Kier molecular flexibility index (Phi) is 8.06. The zero-order valence-electron chi connectivity index (χ0n) is 15.7. The Morgan fingerprint density at radius 1 is 1.37 bits per heavy atom. The molecule has 1 heterocycles. The number of nitrogens with one attached hydrogen (secondary N) is 2. The minimum atomic E-state index is -0.840. The highest BCUT2D eigenvalue weighted by Crippen LogP contribution is 2.14. The number of piperazine rings is 1. The van der Waals surface area contributed by atoms with E-state index in [1.807, 2.05) is 32.0 Å². The molecule has 1 aromatic rings. The summed E-state index contributed by atoms with van der Waals surface area (Å²) in [6, 6.07) is 6.54. The van der Waals surface area contributed by atoms with E-state index < -0.39 is 12.0 Å². The molecule has 1 aliphatic rings. The van der Waals surface area contributed by atoms with Crippen molar-refractivity contribution in [2.45, 2.75) is 32.9 Å². The molecule has 1 atom stereocenters. The first-order valence-corrected chi connectivity index (χ1v) is 9.43. The molecule has 0 spiro atoms. The highest BCUT2D eigenvalue weighted by atomic mass is 35.5. The maximum absolute atomic E-state index is 12.6. The van der Waals surface area contributed by atoms with Crippen LogP contribution >= 0.6 is 11.6 Å². The topological polar surface area (TPSA) is 87.7 Å². The summed E-state index contributed by atoms with van der Waals surface area (Å²) in [6.45, 7) is 5.37. The zero-order valence-corrected chi connectivity index (χ0v) is 16.4. The van der Waals surface area contributed by atoms with Gasteiger partial charge in [0.25, 0.3) is 0 Å². The van der Waals surface area contributed by atoms with Crippen LogP contribution in [-0.2, 0) is 25.7 Å². The number of hydrogen-bond acceptors (Lipinski definition) is 5. The summed E-state index contributed by atoms with van der Waals surface area (Å²) >= 11 is 6.10. The summed E-state index contributed by atoms with van der Waals surface area (Å²) in [5.41, 5.74) is 0.886. The van der Waals surface area contributed by atoms with Crippen molar-refractivity contribution in [3.63, 3.8) is 0 Å². The molecule has 1 unspecified atom stereocenters. The Labute approximate surface area is 164 Å². The van der Waals surface area contributed by atoms with E-state index >= 15 is 0 Å². The number of nitrogens with zero attached hydrogens (tertiary/aromatic N) is 1. The number of rotatable bonds is 8. The molecule has 148 valence electrons. The maximum atomic E-state index is 12.6. The standard InChI is InChI=1S/C19H26ClN3O4/c1-13(2)12-27-18(25)9-16-19(26)22-7-8-23(16)17(24)11-21-10-14-5-3-4-6-15(14)20/h3-6,13,16,21H,7-12H2,1-2H3,(H,22,26). The fourth-order valence-corrected chi connectivity index (χ4v) is 2.94. The number of carbonyl (C=O) groups is 3. The van der Waals surface area contributed by atoms with Gasteiger partial charge in [-0.15, -0.1) is 0 Å². The molecule has 0 radical (unpaired) electrons. The van der Waals surface area contributed by atoms with Crippen molar-refractivity contribution in [1.29, 1.82) is 0 Å². The molecular formula is C19H26ClN3O4. The average molecular weight is 396 g/mol. The number of ether oxygens (including phenoxy) is 1. The van der Waals surface area contributed by atoms with Crippen molar-refractivity contribution in [1.82, 2.24) is 15.5 Å². The normalized spacial score (nSPS) is 17.0.